The molecule has 1 aliphatic rings. The van der Waals surface area contributed by atoms with Crippen molar-refractivity contribution in [3.63, 3.8) is 0 Å². The van der Waals surface area contributed by atoms with Gasteiger partial charge in [-0.05, 0) is 18.3 Å². The van der Waals surface area contributed by atoms with Crippen LogP contribution in [0.3, 0.4) is 0 Å². The Hall–Kier alpha value is -0.370. The second-order valence-corrected chi connectivity index (χ2v) is 8.89. The van der Waals surface area contributed by atoms with Gasteiger partial charge in [0.2, 0.25) is 0 Å². The van der Waals surface area contributed by atoms with Crippen molar-refractivity contribution in [1.82, 2.24) is 15.2 Å². The summed E-state index contributed by atoms with van der Waals surface area (Å²) in [5.74, 6) is 2.52. The van der Waals surface area contributed by atoms with Gasteiger partial charge in [-0.1, -0.05) is 34.6 Å². The molecular formula is C18H33IN4S. The molecule has 1 aromatic heterocycles. The van der Waals surface area contributed by atoms with Gasteiger partial charge in [0.25, 0.3) is 0 Å². The lowest BCUT2D eigenvalue weighted by molar-refractivity contribution is 0.208. The van der Waals surface area contributed by atoms with Crippen LogP contribution in [0, 0.1) is 11.8 Å². The summed E-state index contributed by atoms with van der Waals surface area (Å²) in [4.78, 5) is 11.6. The van der Waals surface area contributed by atoms with Crippen molar-refractivity contribution in [1.29, 1.82) is 0 Å². The number of aliphatic imine (C=N–C) groups is 1. The van der Waals surface area contributed by atoms with Gasteiger partial charge >= 0.3 is 0 Å². The average Bonchev–Trinajstić information content (AvgIpc) is 2.91. The molecular weight excluding hydrogens is 431 g/mol. The van der Waals surface area contributed by atoms with E-state index in [9.17, 15) is 0 Å². The Morgan fingerprint density at radius 1 is 1.33 bits per heavy atom. The minimum absolute atomic E-state index is 0. The number of hydrogen-bond acceptors (Lipinski definition) is 3. The molecule has 6 heteroatoms. The molecule has 0 spiro atoms. The number of nitrogens with one attached hydrogen (secondary N) is 1. The van der Waals surface area contributed by atoms with Crippen LogP contribution in [-0.2, 0) is 11.8 Å². The highest BCUT2D eigenvalue weighted by atomic mass is 127. The second-order valence-electron chi connectivity index (χ2n) is 7.95. The van der Waals surface area contributed by atoms with E-state index in [4.69, 9.17) is 4.98 Å². The van der Waals surface area contributed by atoms with E-state index in [0.717, 1.165) is 43.9 Å². The van der Waals surface area contributed by atoms with Crippen LogP contribution < -0.4 is 5.32 Å². The van der Waals surface area contributed by atoms with E-state index in [1.807, 2.05) is 7.05 Å². The molecule has 1 saturated heterocycles. The lowest BCUT2D eigenvalue weighted by atomic mass is 9.92. The summed E-state index contributed by atoms with van der Waals surface area (Å²) in [7, 11) is 1.88. The predicted octanol–water partition coefficient (Wildman–Crippen LogP) is 4.15. The minimum atomic E-state index is 0. The van der Waals surface area contributed by atoms with Gasteiger partial charge < -0.3 is 10.2 Å². The monoisotopic (exact) mass is 464 g/mol. The number of thiazole rings is 1. The fourth-order valence-corrected chi connectivity index (χ4v) is 4.24. The molecule has 1 N–H and O–H groups in total. The van der Waals surface area contributed by atoms with Crippen molar-refractivity contribution < 1.29 is 0 Å². The van der Waals surface area contributed by atoms with Crippen LogP contribution in [0.25, 0.3) is 0 Å². The number of rotatable bonds is 3. The van der Waals surface area contributed by atoms with Crippen molar-refractivity contribution in [2.24, 2.45) is 16.8 Å². The first-order chi connectivity index (χ1) is 10.8. The van der Waals surface area contributed by atoms with E-state index >= 15 is 0 Å². The average molecular weight is 464 g/mol. The third kappa shape index (κ3) is 6.17. The molecule has 1 aliphatic heterocycles. The lowest BCUT2D eigenvalue weighted by Gasteiger charge is -2.37. The first kappa shape index (κ1) is 21.7. The molecule has 2 atom stereocenters. The third-order valence-electron chi connectivity index (χ3n) is 4.32. The number of halogens is 1. The Kier molecular flexibility index (Phi) is 8.45. The number of likely N-dealkylation sites (tertiary alicyclic amines) is 1. The SMILES string of the molecule is CN=C(NCCc1nc(C(C)(C)C)cs1)N1CC(C)CC(C)C1.I. The highest BCUT2D eigenvalue weighted by Gasteiger charge is 2.24. The Bertz CT molecular complexity index is 525. The van der Waals surface area contributed by atoms with Gasteiger partial charge in [0.05, 0.1) is 10.7 Å². The first-order valence-electron chi connectivity index (χ1n) is 8.70. The summed E-state index contributed by atoms with van der Waals surface area (Å²) < 4.78 is 0. The Morgan fingerprint density at radius 2 is 1.96 bits per heavy atom. The van der Waals surface area contributed by atoms with E-state index in [-0.39, 0.29) is 29.4 Å². The zero-order chi connectivity index (χ0) is 17.0. The number of aromatic nitrogens is 1. The molecule has 138 valence electrons. The summed E-state index contributed by atoms with van der Waals surface area (Å²) in [5.41, 5.74) is 1.33. The molecule has 1 aromatic rings. The maximum absolute atomic E-state index is 4.77. The standard InChI is InChI=1S/C18H32N4S.HI/c1-13-9-14(2)11-22(10-13)17(19-6)20-8-7-16-21-15(12-23-16)18(3,4)5;/h12-14H,7-11H2,1-6H3,(H,19,20);1H. The van der Waals surface area contributed by atoms with E-state index in [0.29, 0.717) is 0 Å². The molecule has 1 fully saturated rings. The van der Waals surface area contributed by atoms with Crippen molar-refractivity contribution >= 4 is 41.3 Å². The summed E-state index contributed by atoms with van der Waals surface area (Å²) in [6.07, 6.45) is 2.28. The van der Waals surface area contributed by atoms with Crippen molar-refractivity contribution in [2.75, 3.05) is 26.7 Å². The summed E-state index contributed by atoms with van der Waals surface area (Å²) in [6, 6.07) is 0. The van der Waals surface area contributed by atoms with Crippen molar-refractivity contribution in [3.05, 3.63) is 16.1 Å². The van der Waals surface area contributed by atoms with Crippen molar-refractivity contribution in [2.45, 2.75) is 52.9 Å². The number of nitrogens with zero attached hydrogens (tertiary/aromatic N) is 3. The molecule has 0 aliphatic carbocycles. The molecule has 0 saturated carbocycles. The quantitative estimate of drug-likeness (QED) is 0.415. The van der Waals surface area contributed by atoms with Gasteiger partial charge in [0.1, 0.15) is 0 Å². The van der Waals surface area contributed by atoms with Gasteiger partial charge in [-0.25, -0.2) is 4.98 Å². The molecule has 0 amide bonds. The van der Waals surface area contributed by atoms with Crippen LogP contribution in [0.2, 0.25) is 0 Å². The smallest absolute Gasteiger partial charge is 0.193 e. The Morgan fingerprint density at radius 3 is 2.46 bits per heavy atom. The van der Waals surface area contributed by atoms with E-state index in [1.54, 1.807) is 11.3 Å². The summed E-state index contributed by atoms with van der Waals surface area (Å²) in [5, 5.41) is 6.92. The number of guanidine groups is 1. The summed E-state index contributed by atoms with van der Waals surface area (Å²) in [6.45, 7) is 14.4. The molecule has 2 unspecified atom stereocenters. The van der Waals surface area contributed by atoms with E-state index in [2.05, 4.69) is 55.2 Å². The van der Waals surface area contributed by atoms with E-state index in [1.165, 1.54) is 17.1 Å². The fourth-order valence-electron chi connectivity index (χ4n) is 3.22. The Balaban J connectivity index is 0.00000288. The number of piperidine rings is 1. The molecule has 0 radical (unpaired) electrons. The van der Waals surface area contributed by atoms with Crippen molar-refractivity contribution in [3.8, 4) is 0 Å². The maximum Gasteiger partial charge on any atom is 0.193 e. The summed E-state index contributed by atoms with van der Waals surface area (Å²) >= 11 is 1.77. The Labute approximate surface area is 168 Å². The predicted molar refractivity (Wildman–Crippen MR) is 116 cm³/mol. The van der Waals surface area contributed by atoms with Crippen LogP contribution >= 0.6 is 35.3 Å². The van der Waals surface area contributed by atoms with Crippen LogP contribution in [0.15, 0.2) is 10.4 Å². The van der Waals surface area contributed by atoms with Crippen LogP contribution in [0.4, 0.5) is 0 Å². The fraction of sp³-hybridized carbons (Fsp3) is 0.778. The molecule has 0 bridgehead atoms. The first-order valence-corrected chi connectivity index (χ1v) is 9.58. The molecule has 0 aromatic carbocycles. The van der Waals surface area contributed by atoms with Gasteiger partial charge in [0, 0.05) is 43.9 Å². The largest absolute Gasteiger partial charge is 0.356 e. The molecule has 24 heavy (non-hydrogen) atoms. The topological polar surface area (TPSA) is 40.5 Å². The molecule has 2 heterocycles. The van der Waals surface area contributed by atoms with Gasteiger partial charge in [-0.15, -0.1) is 35.3 Å². The van der Waals surface area contributed by atoms with Crippen LogP contribution in [0.1, 0.15) is 51.7 Å². The second kappa shape index (κ2) is 9.36. The zero-order valence-electron chi connectivity index (χ0n) is 15.9. The van der Waals surface area contributed by atoms with E-state index < -0.39 is 0 Å². The van der Waals surface area contributed by atoms with Gasteiger partial charge in [0.15, 0.2) is 5.96 Å². The van der Waals surface area contributed by atoms with Gasteiger partial charge in [-0.3, -0.25) is 4.99 Å². The van der Waals surface area contributed by atoms with Gasteiger partial charge in [-0.2, -0.15) is 0 Å². The van der Waals surface area contributed by atoms with Crippen LogP contribution in [-0.4, -0.2) is 42.5 Å². The van der Waals surface area contributed by atoms with Crippen LogP contribution in [0.5, 0.6) is 0 Å². The zero-order valence-corrected chi connectivity index (χ0v) is 19.1. The molecule has 2 rings (SSSR count). The number of hydrogen-bond donors (Lipinski definition) is 1. The molecule has 4 nitrogen and oxygen atoms in total. The highest BCUT2D eigenvalue weighted by Crippen LogP contribution is 2.24. The maximum atomic E-state index is 4.77. The highest BCUT2D eigenvalue weighted by molar-refractivity contribution is 14.0. The lowest BCUT2D eigenvalue weighted by Crippen LogP contribution is -2.48. The normalized spacial score (nSPS) is 22.2. The minimum Gasteiger partial charge on any atom is -0.356 e. The third-order valence-corrected chi connectivity index (χ3v) is 5.23.